The number of benzene rings is 2. The van der Waals surface area contributed by atoms with E-state index in [0.29, 0.717) is 0 Å². The van der Waals surface area contributed by atoms with Gasteiger partial charge in [-0.05, 0) is 16.0 Å². The lowest BCUT2D eigenvalue weighted by Gasteiger charge is -2.18. The summed E-state index contributed by atoms with van der Waals surface area (Å²) >= 11 is 4.54. The second-order valence-corrected chi connectivity index (χ2v) is 4.55. The van der Waals surface area contributed by atoms with Crippen molar-refractivity contribution in [1.82, 2.24) is 0 Å². The first-order chi connectivity index (χ1) is 7.84. The van der Waals surface area contributed by atoms with E-state index in [1.807, 2.05) is 12.1 Å². The molecule has 0 saturated heterocycles. The Balaban J connectivity index is 2.10. The third-order valence-corrected chi connectivity index (χ3v) is 3.61. The fraction of sp³-hybridized carbons (Fsp3) is 0.0667. The Morgan fingerprint density at radius 2 is 1.06 bits per heavy atom. The number of allylic oxidation sites excluding steroid dienone is 2. The molecule has 0 unspecified atom stereocenters. The third kappa shape index (κ3) is 1.32. The highest BCUT2D eigenvalue weighted by atomic mass is 32.1. The molecule has 3 rings (SSSR count). The molecule has 2 aromatic carbocycles. The summed E-state index contributed by atoms with van der Waals surface area (Å²) < 4.78 is 0. The maximum Gasteiger partial charge on any atom is 0.0697 e. The number of thiol groups is 1. The predicted molar refractivity (Wildman–Crippen MR) is 70.7 cm³/mol. The molecule has 0 N–H and O–H groups in total. The largest absolute Gasteiger partial charge is 0.147 e. The van der Waals surface area contributed by atoms with E-state index in [-0.39, 0.29) is 5.41 Å². The molecule has 0 bridgehead atoms. The molecular weight excluding hydrogens is 212 g/mol. The van der Waals surface area contributed by atoms with E-state index in [1.165, 1.54) is 11.1 Å². The summed E-state index contributed by atoms with van der Waals surface area (Å²) in [7, 11) is 0. The van der Waals surface area contributed by atoms with Crippen molar-refractivity contribution >= 4 is 12.6 Å². The second kappa shape index (κ2) is 3.53. The molecular formula is C15H12S. The van der Waals surface area contributed by atoms with Crippen molar-refractivity contribution in [1.29, 1.82) is 0 Å². The lowest BCUT2D eigenvalue weighted by Crippen LogP contribution is -2.11. The maximum atomic E-state index is 4.54. The first kappa shape index (κ1) is 9.73. The van der Waals surface area contributed by atoms with Crippen molar-refractivity contribution in [3.63, 3.8) is 0 Å². The van der Waals surface area contributed by atoms with E-state index in [1.54, 1.807) is 0 Å². The van der Waals surface area contributed by atoms with Crippen LogP contribution in [0, 0.1) is 0 Å². The van der Waals surface area contributed by atoms with Gasteiger partial charge in [0, 0.05) is 0 Å². The molecule has 1 aliphatic rings. The standard InChI is InChI=1S/C15H12S/c16-14-11-15(14,12-7-3-1-4-8-12)13-9-5-2-6-10-13/h1-11,16H. The molecule has 0 spiro atoms. The Hall–Kier alpha value is -1.47. The van der Waals surface area contributed by atoms with E-state index in [2.05, 4.69) is 67.2 Å². The zero-order chi connectivity index (χ0) is 11.0. The van der Waals surface area contributed by atoms with Crippen molar-refractivity contribution in [3.8, 4) is 0 Å². The van der Waals surface area contributed by atoms with Gasteiger partial charge in [0.2, 0.25) is 0 Å². The molecule has 0 aliphatic heterocycles. The molecule has 78 valence electrons. The molecule has 0 nitrogen and oxygen atoms in total. The predicted octanol–water partition coefficient (Wildman–Crippen LogP) is 3.80. The normalized spacial score (nSPS) is 16.7. The number of rotatable bonds is 2. The van der Waals surface area contributed by atoms with Crippen LogP contribution in [0.4, 0.5) is 0 Å². The molecule has 0 atom stereocenters. The van der Waals surface area contributed by atoms with Gasteiger partial charge in [0.15, 0.2) is 0 Å². The smallest absolute Gasteiger partial charge is 0.0697 e. The van der Waals surface area contributed by atoms with Gasteiger partial charge in [-0.2, -0.15) is 0 Å². The highest BCUT2D eigenvalue weighted by Crippen LogP contribution is 2.53. The molecule has 0 radical (unpaired) electrons. The molecule has 0 aromatic heterocycles. The third-order valence-electron chi connectivity index (χ3n) is 3.13. The first-order valence-electron chi connectivity index (χ1n) is 5.37. The van der Waals surface area contributed by atoms with E-state index in [0.717, 1.165) is 4.91 Å². The molecule has 0 heterocycles. The highest BCUT2D eigenvalue weighted by Gasteiger charge is 2.45. The molecule has 1 aliphatic carbocycles. The van der Waals surface area contributed by atoms with E-state index < -0.39 is 0 Å². The minimum Gasteiger partial charge on any atom is -0.147 e. The van der Waals surface area contributed by atoms with Crippen molar-refractivity contribution < 1.29 is 0 Å². The SMILES string of the molecule is SC1=CC1(c1ccccc1)c1ccccc1. The second-order valence-electron chi connectivity index (χ2n) is 4.07. The van der Waals surface area contributed by atoms with Crippen LogP contribution in [0.2, 0.25) is 0 Å². The van der Waals surface area contributed by atoms with E-state index in [4.69, 9.17) is 0 Å². The van der Waals surface area contributed by atoms with Crippen molar-refractivity contribution in [3.05, 3.63) is 82.8 Å². The molecule has 2 aromatic rings. The lowest BCUT2D eigenvalue weighted by atomic mass is 9.86. The summed E-state index contributed by atoms with van der Waals surface area (Å²) in [5.74, 6) is 0. The van der Waals surface area contributed by atoms with Crippen LogP contribution in [0.1, 0.15) is 11.1 Å². The van der Waals surface area contributed by atoms with Crippen LogP contribution in [0.25, 0.3) is 0 Å². The van der Waals surface area contributed by atoms with Gasteiger partial charge in [-0.25, -0.2) is 0 Å². The fourth-order valence-electron chi connectivity index (χ4n) is 2.20. The summed E-state index contributed by atoms with van der Waals surface area (Å²) in [6.07, 6.45) is 2.21. The molecule has 16 heavy (non-hydrogen) atoms. The van der Waals surface area contributed by atoms with Gasteiger partial charge < -0.3 is 0 Å². The van der Waals surface area contributed by atoms with Gasteiger partial charge in [0.05, 0.1) is 5.41 Å². The van der Waals surface area contributed by atoms with E-state index in [9.17, 15) is 0 Å². The quantitative estimate of drug-likeness (QED) is 0.737. The Morgan fingerprint density at radius 3 is 1.38 bits per heavy atom. The molecule has 0 fully saturated rings. The van der Waals surface area contributed by atoms with Gasteiger partial charge in [0.25, 0.3) is 0 Å². The Bertz CT molecular complexity index is 486. The zero-order valence-electron chi connectivity index (χ0n) is 8.80. The van der Waals surface area contributed by atoms with Crippen molar-refractivity contribution in [2.45, 2.75) is 5.41 Å². The van der Waals surface area contributed by atoms with Crippen LogP contribution in [-0.4, -0.2) is 0 Å². The van der Waals surface area contributed by atoms with Gasteiger partial charge in [-0.1, -0.05) is 66.7 Å². The fourth-order valence-corrected chi connectivity index (χ4v) is 2.65. The summed E-state index contributed by atoms with van der Waals surface area (Å²) in [6.45, 7) is 0. The van der Waals surface area contributed by atoms with Gasteiger partial charge >= 0.3 is 0 Å². The van der Waals surface area contributed by atoms with E-state index >= 15 is 0 Å². The summed E-state index contributed by atoms with van der Waals surface area (Å²) in [4.78, 5) is 1.14. The zero-order valence-corrected chi connectivity index (χ0v) is 9.69. The monoisotopic (exact) mass is 224 g/mol. The van der Waals surface area contributed by atoms with Crippen LogP contribution in [0.5, 0.6) is 0 Å². The average molecular weight is 224 g/mol. The van der Waals surface area contributed by atoms with Crippen LogP contribution >= 0.6 is 12.6 Å². The van der Waals surface area contributed by atoms with Crippen LogP contribution in [0.15, 0.2) is 71.6 Å². The Kier molecular flexibility index (Phi) is 2.15. The molecule has 0 amide bonds. The lowest BCUT2D eigenvalue weighted by molar-refractivity contribution is 0.925. The maximum absolute atomic E-state index is 4.54. The van der Waals surface area contributed by atoms with Gasteiger partial charge in [0.1, 0.15) is 0 Å². The minimum absolute atomic E-state index is 0.0500. The molecule has 0 saturated carbocycles. The average Bonchev–Trinajstić information content (AvgIpc) is 3.05. The van der Waals surface area contributed by atoms with Crippen LogP contribution < -0.4 is 0 Å². The first-order valence-corrected chi connectivity index (χ1v) is 5.82. The summed E-state index contributed by atoms with van der Waals surface area (Å²) in [5, 5.41) is 0. The van der Waals surface area contributed by atoms with Gasteiger partial charge in [-0.15, -0.1) is 12.6 Å². The number of hydrogen-bond donors (Lipinski definition) is 1. The minimum atomic E-state index is -0.0500. The number of hydrogen-bond acceptors (Lipinski definition) is 1. The van der Waals surface area contributed by atoms with Crippen LogP contribution in [0.3, 0.4) is 0 Å². The van der Waals surface area contributed by atoms with Gasteiger partial charge in [-0.3, -0.25) is 0 Å². The Morgan fingerprint density at radius 1 is 0.688 bits per heavy atom. The molecule has 1 heteroatoms. The topological polar surface area (TPSA) is 0 Å². The Labute approximate surface area is 101 Å². The summed E-state index contributed by atoms with van der Waals surface area (Å²) in [6, 6.07) is 21.0. The van der Waals surface area contributed by atoms with Crippen LogP contribution in [-0.2, 0) is 5.41 Å². The summed E-state index contributed by atoms with van der Waals surface area (Å²) in [5.41, 5.74) is 2.54. The van der Waals surface area contributed by atoms with Crippen molar-refractivity contribution in [2.24, 2.45) is 0 Å². The van der Waals surface area contributed by atoms with Crippen molar-refractivity contribution in [2.75, 3.05) is 0 Å². The highest BCUT2D eigenvalue weighted by molar-refractivity contribution is 7.85.